The Bertz CT molecular complexity index is 754. The van der Waals surface area contributed by atoms with Crippen molar-refractivity contribution in [3.63, 3.8) is 0 Å². The second-order valence-corrected chi connectivity index (χ2v) is 6.04. The van der Waals surface area contributed by atoms with E-state index in [4.69, 9.17) is 9.15 Å². The smallest absolute Gasteiger partial charge is 0.416 e. The molecule has 25 heavy (non-hydrogen) atoms. The summed E-state index contributed by atoms with van der Waals surface area (Å²) in [7, 11) is 0. The molecular formula is C18H18F3NO3. The molecular weight excluding hydrogens is 335 g/mol. The summed E-state index contributed by atoms with van der Waals surface area (Å²) in [6.07, 6.45) is -2.93. The summed E-state index contributed by atoms with van der Waals surface area (Å²) in [5.74, 6) is 0.398. The van der Waals surface area contributed by atoms with Gasteiger partial charge < -0.3 is 14.1 Å². The van der Waals surface area contributed by atoms with Crippen LogP contribution in [0.2, 0.25) is 0 Å². The van der Waals surface area contributed by atoms with Crippen LogP contribution in [0, 0.1) is 6.92 Å². The van der Waals surface area contributed by atoms with E-state index in [1.54, 1.807) is 24.0 Å². The van der Waals surface area contributed by atoms with Crippen molar-refractivity contribution < 1.29 is 27.1 Å². The van der Waals surface area contributed by atoms with Gasteiger partial charge in [-0.15, -0.1) is 0 Å². The third-order valence-corrected chi connectivity index (χ3v) is 4.23. The van der Waals surface area contributed by atoms with Crippen molar-refractivity contribution in [1.29, 1.82) is 0 Å². The van der Waals surface area contributed by atoms with E-state index in [9.17, 15) is 18.0 Å². The molecule has 0 unspecified atom stereocenters. The van der Waals surface area contributed by atoms with Crippen LogP contribution in [0.3, 0.4) is 0 Å². The molecule has 1 atom stereocenters. The molecule has 2 heterocycles. The molecule has 0 aliphatic carbocycles. The molecule has 1 aliphatic heterocycles. The largest absolute Gasteiger partial charge is 0.469 e. The molecule has 0 spiro atoms. The first-order valence-electron chi connectivity index (χ1n) is 7.95. The van der Waals surface area contributed by atoms with Gasteiger partial charge in [0.15, 0.2) is 0 Å². The zero-order chi connectivity index (χ0) is 18.0. The number of carbonyl (C=O) groups is 1. The maximum atomic E-state index is 12.8. The second-order valence-electron chi connectivity index (χ2n) is 6.04. The number of morpholine rings is 1. The number of aryl methyl sites for hydroxylation is 1. The van der Waals surface area contributed by atoms with Crippen molar-refractivity contribution in [2.45, 2.75) is 25.6 Å². The lowest BCUT2D eigenvalue weighted by Crippen LogP contribution is -2.46. The molecule has 0 saturated carbocycles. The minimum atomic E-state index is -4.37. The van der Waals surface area contributed by atoms with Crippen LogP contribution in [0.15, 0.2) is 41.0 Å². The number of furan rings is 1. The highest BCUT2D eigenvalue weighted by molar-refractivity contribution is 5.95. The molecule has 4 nitrogen and oxygen atoms in total. The Kier molecular flexibility index (Phi) is 4.85. The Morgan fingerprint density at radius 1 is 1.32 bits per heavy atom. The number of halogens is 3. The summed E-state index contributed by atoms with van der Waals surface area (Å²) in [6.45, 7) is 2.85. The summed E-state index contributed by atoms with van der Waals surface area (Å²) in [5, 5.41) is 0. The first-order chi connectivity index (χ1) is 11.8. The lowest BCUT2D eigenvalue weighted by Gasteiger charge is -2.33. The van der Waals surface area contributed by atoms with E-state index in [0.29, 0.717) is 43.0 Å². The van der Waals surface area contributed by atoms with Gasteiger partial charge in [0.2, 0.25) is 0 Å². The molecule has 0 radical (unpaired) electrons. The van der Waals surface area contributed by atoms with E-state index < -0.39 is 11.7 Å². The highest BCUT2D eigenvalue weighted by Crippen LogP contribution is 2.30. The molecule has 0 bridgehead atoms. The molecule has 7 heteroatoms. The average Bonchev–Trinajstić information content (AvgIpc) is 3.00. The predicted octanol–water partition coefficient (Wildman–Crippen LogP) is 3.69. The highest BCUT2D eigenvalue weighted by atomic mass is 19.4. The fourth-order valence-corrected chi connectivity index (χ4v) is 2.94. The topological polar surface area (TPSA) is 42.7 Å². The van der Waals surface area contributed by atoms with E-state index in [0.717, 1.165) is 12.1 Å². The first kappa shape index (κ1) is 17.5. The molecule has 2 aromatic rings. The van der Waals surface area contributed by atoms with Gasteiger partial charge in [0, 0.05) is 19.5 Å². The first-order valence-corrected chi connectivity index (χ1v) is 7.95. The molecule has 134 valence electrons. The van der Waals surface area contributed by atoms with E-state index in [2.05, 4.69) is 0 Å². The third kappa shape index (κ3) is 4.04. The van der Waals surface area contributed by atoms with Crippen molar-refractivity contribution >= 4 is 5.91 Å². The number of hydrogen-bond donors (Lipinski definition) is 0. The van der Waals surface area contributed by atoms with E-state index >= 15 is 0 Å². The van der Waals surface area contributed by atoms with Gasteiger partial charge in [-0.25, -0.2) is 0 Å². The molecule has 1 amide bonds. The molecule has 0 N–H and O–H groups in total. The number of hydrogen-bond acceptors (Lipinski definition) is 3. The van der Waals surface area contributed by atoms with Crippen LogP contribution in [0.5, 0.6) is 0 Å². The fourth-order valence-electron chi connectivity index (χ4n) is 2.94. The van der Waals surface area contributed by atoms with E-state index in [-0.39, 0.29) is 12.0 Å². The Morgan fingerprint density at radius 2 is 2.12 bits per heavy atom. The standard InChI is InChI=1S/C18H18F3NO3/c1-12-16(5-7-24-12)17(23)22-6-8-25-15(11-22)10-13-3-2-4-14(9-13)18(19,20)21/h2-5,7,9,15H,6,8,10-11H2,1H3/t15-/m0/s1. The van der Waals surface area contributed by atoms with Crippen LogP contribution < -0.4 is 0 Å². The maximum Gasteiger partial charge on any atom is 0.416 e. The van der Waals surface area contributed by atoms with Gasteiger partial charge >= 0.3 is 6.18 Å². The van der Waals surface area contributed by atoms with Crippen LogP contribution in [-0.4, -0.2) is 36.6 Å². The van der Waals surface area contributed by atoms with Crippen LogP contribution in [0.4, 0.5) is 13.2 Å². The van der Waals surface area contributed by atoms with Gasteiger partial charge in [-0.3, -0.25) is 4.79 Å². The van der Waals surface area contributed by atoms with Gasteiger partial charge in [0.05, 0.1) is 30.1 Å². The van der Waals surface area contributed by atoms with Crippen LogP contribution in [0.1, 0.15) is 27.2 Å². The molecule has 1 aromatic carbocycles. The molecule has 3 rings (SSSR count). The van der Waals surface area contributed by atoms with Crippen LogP contribution in [-0.2, 0) is 17.3 Å². The number of alkyl halides is 3. The Morgan fingerprint density at radius 3 is 2.80 bits per heavy atom. The summed E-state index contributed by atoms with van der Waals surface area (Å²) in [5.41, 5.74) is 0.357. The van der Waals surface area contributed by atoms with Crippen molar-refractivity contribution in [2.75, 3.05) is 19.7 Å². The van der Waals surface area contributed by atoms with Gasteiger partial charge in [-0.05, 0) is 24.6 Å². The highest BCUT2D eigenvalue weighted by Gasteiger charge is 2.31. The molecule has 1 aliphatic rings. The number of benzene rings is 1. The minimum absolute atomic E-state index is 0.149. The average molecular weight is 353 g/mol. The van der Waals surface area contributed by atoms with Gasteiger partial charge in [-0.1, -0.05) is 18.2 Å². The summed E-state index contributed by atoms with van der Waals surface area (Å²) in [4.78, 5) is 14.2. The molecule has 1 saturated heterocycles. The van der Waals surface area contributed by atoms with Gasteiger partial charge in [0.25, 0.3) is 5.91 Å². The summed E-state index contributed by atoms with van der Waals surface area (Å²) in [6, 6.07) is 6.82. The number of carbonyl (C=O) groups excluding carboxylic acids is 1. The number of ether oxygens (including phenoxy) is 1. The zero-order valence-corrected chi connectivity index (χ0v) is 13.7. The van der Waals surface area contributed by atoms with Crippen molar-refractivity contribution in [1.82, 2.24) is 4.90 Å². The molecule has 1 fully saturated rings. The zero-order valence-electron chi connectivity index (χ0n) is 13.7. The number of amides is 1. The van der Waals surface area contributed by atoms with E-state index in [1.807, 2.05) is 0 Å². The van der Waals surface area contributed by atoms with Crippen LogP contribution in [0.25, 0.3) is 0 Å². The normalized spacial score (nSPS) is 18.4. The van der Waals surface area contributed by atoms with Crippen LogP contribution >= 0.6 is 0 Å². The summed E-state index contributed by atoms with van der Waals surface area (Å²) < 4.78 is 49.2. The monoisotopic (exact) mass is 353 g/mol. The lowest BCUT2D eigenvalue weighted by molar-refractivity contribution is -0.137. The fraction of sp³-hybridized carbons (Fsp3) is 0.389. The van der Waals surface area contributed by atoms with Crippen molar-refractivity contribution in [3.8, 4) is 0 Å². The number of rotatable bonds is 3. The quantitative estimate of drug-likeness (QED) is 0.845. The summed E-state index contributed by atoms with van der Waals surface area (Å²) >= 11 is 0. The second kappa shape index (κ2) is 6.92. The third-order valence-electron chi connectivity index (χ3n) is 4.23. The number of nitrogens with zero attached hydrogens (tertiary/aromatic N) is 1. The van der Waals surface area contributed by atoms with Crippen molar-refractivity contribution in [2.24, 2.45) is 0 Å². The Labute approximate surface area is 143 Å². The minimum Gasteiger partial charge on any atom is -0.469 e. The predicted molar refractivity (Wildman–Crippen MR) is 84.2 cm³/mol. The SMILES string of the molecule is Cc1occc1C(=O)N1CCO[C@@H](Cc2cccc(C(F)(F)F)c2)C1. The maximum absolute atomic E-state index is 12.8. The van der Waals surface area contributed by atoms with Gasteiger partial charge in [0.1, 0.15) is 5.76 Å². The Hall–Kier alpha value is -2.28. The van der Waals surface area contributed by atoms with Gasteiger partial charge in [-0.2, -0.15) is 13.2 Å². The molecule has 1 aromatic heterocycles. The lowest BCUT2D eigenvalue weighted by atomic mass is 10.0. The van der Waals surface area contributed by atoms with Crippen molar-refractivity contribution in [3.05, 3.63) is 59.0 Å². The Balaban J connectivity index is 1.68. The van der Waals surface area contributed by atoms with E-state index in [1.165, 1.54) is 12.3 Å².